The van der Waals surface area contributed by atoms with Gasteiger partial charge in [0, 0.05) is 16.9 Å². The summed E-state index contributed by atoms with van der Waals surface area (Å²) in [6.45, 7) is 4.32. The SMILES string of the molecule is CCOc1ccc(C(=O)NC(C)C(CO)SC)cc1OC. The molecule has 0 spiro atoms. The van der Waals surface area contributed by atoms with Crippen LogP contribution in [0, 0.1) is 0 Å². The van der Waals surface area contributed by atoms with E-state index in [1.807, 2.05) is 20.1 Å². The molecule has 5 nitrogen and oxygen atoms in total. The molecule has 1 aromatic carbocycles. The van der Waals surface area contributed by atoms with Crippen LogP contribution in [-0.4, -0.2) is 48.9 Å². The highest BCUT2D eigenvalue weighted by molar-refractivity contribution is 7.99. The van der Waals surface area contributed by atoms with Gasteiger partial charge in [0.25, 0.3) is 5.91 Å². The predicted molar refractivity (Wildman–Crippen MR) is 85.5 cm³/mol. The molecular weight excluding hydrogens is 290 g/mol. The third-order valence-corrected chi connectivity index (χ3v) is 4.29. The Morgan fingerprint density at radius 1 is 1.43 bits per heavy atom. The lowest BCUT2D eigenvalue weighted by molar-refractivity contribution is 0.0935. The third-order valence-electron chi connectivity index (χ3n) is 3.12. The summed E-state index contributed by atoms with van der Waals surface area (Å²) in [7, 11) is 1.54. The molecular formula is C15H23NO4S. The van der Waals surface area contributed by atoms with Crippen LogP contribution in [0.25, 0.3) is 0 Å². The number of ether oxygens (including phenoxy) is 2. The van der Waals surface area contributed by atoms with Crippen LogP contribution in [0.1, 0.15) is 24.2 Å². The van der Waals surface area contributed by atoms with Crippen molar-refractivity contribution >= 4 is 17.7 Å². The number of thioether (sulfide) groups is 1. The number of nitrogens with one attached hydrogen (secondary N) is 1. The van der Waals surface area contributed by atoms with Crippen LogP contribution in [0.15, 0.2) is 18.2 Å². The van der Waals surface area contributed by atoms with Crippen LogP contribution < -0.4 is 14.8 Å². The maximum atomic E-state index is 12.2. The first-order valence-corrected chi connectivity index (χ1v) is 8.11. The monoisotopic (exact) mass is 313 g/mol. The van der Waals surface area contributed by atoms with E-state index in [0.29, 0.717) is 23.7 Å². The average Bonchev–Trinajstić information content (AvgIpc) is 2.49. The third kappa shape index (κ3) is 4.82. The van der Waals surface area contributed by atoms with Crippen molar-refractivity contribution in [3.05, 3.63) is 23.8 Å². The fourth-order valence-electron chi connectivity index (χ4n) is 1.90. The smallest absolute Gasteiger partial charge is 0.251 e. The molecule has 0 aliphatic carbocycles. The first-order chi connectivity index (χ1) is 10.1. The van der Waals surface area contributed by atoms with Crippen molar-refractivity contribution < 1.29 is 19.4 Å². The zero-order valence-corrected chi connectivity index (χ0v) is 13.7. The standard InChI is InChI=1S/C15H23NO4S/c1-5-20-12-7-6-11(8-13(12)19-3)15(18)16-10(2)14(9-17)21-4/h6-8,10,14,17H,5,9H2,1-4H3,(H,16,18). The molecule has 118 valence electrons. The molecule has 0 aliphatic rings. The first-order valence-electron chi connectivity index (χ1n) is 6.82. The molecule has 0 fully saturated rings. The van der Waals surface area contributed by atoms with Gasteiger partial charge >= 0.3 is 0 Å². The second kappa shape index (κ2) is 8.79. The van der Waals surface area contributed by atoms with Crippen LogP contribution >= 0.6 is 11.8 Å². The number of benzene rings is 1. The van der Waals surface area contributed by atoms with E-state index in [9.17, 15) is 9.90 Å². The van der Waals surface area contributed by atoms with Gasteiger partial charge in [-0.2, -0.15) is 11.8 Å². The first kappa shape index (κ1) is 17.7. The van der Waals surface area contributed by atoms with Crippen LogP contribution in [0.5, 0.6) is 11.5 Å². The van der Waals surface area contributed by atoms with E-state index in [1.54, 1.807) is 18.2 Å². The van der Waals surface area contributed by atoms with Crippen molar-refractivity contribution in [2.24, 2.45) is 0 Å². The highest BCUT2D eigenvalue weighted by Crippen LogP contribution is 2.28. The topological polar surface area (TPSA) is 67.8 Å². The minimum absolute atomic E-state index is 0.0230. The van der Waals surface area contributed by atoms with Crippen molar-refractivity contribution in [2.45, 2.75) is 25.1 Å². The number of methoxy groups -OCH3 is 1. The van der Waals surface area contributed by atoms with E-state index < -0.39 is 0 Å². The Hall–Kier alpha value is -1.40. The van der Waals surface area contributed by atoms with Gasteiger partial charge in [-0.1, -0.05) is 0 Å². The van der Waals surface area contributed by atoms with Gasteiger partial charge in [-0.15, -0.1) is 0 Å². The normalized spacial score (nSPS) is 13.4. The minimum atomic E-state index is -0.198. The van der Waals surface area contributed by atoms with Crippen molar-refractivity contribution in [1.82, 2.24) is 5.32 Å². The Kier molecular flexibility index (Phi) is 7.39. The fraction of sp³-hybridized carbons (Fsp3) is 0.533. The Morgan fingerprint density at radius 3 is 2.67 bits per heavy atom. The van der Waals surface area contributed by atoms with Gasteiger partial charge < -0.3 is 19.9 Å². The lowest BCUT2D eigenvalue weighted by Crippen LogP contribution is -2.41. The van der Waals surface area contributed by atoms with Gasteiger partial charge in [-0.3, -0.25) is 4.79 Å². The summed E-state index contributed by atoms with van der Waals surface area (Å²) in [5.74, 6) is 0.944. The van der Waals surface area contributed by atoms with Crippen LogP contribution in [0.2, 0.25) is 0 Å². The molecule has 1 amide bonds. The lowest BCUT2D eigenvalue weighted by Gasteiger charge is -2.21. The van der Waals surface area contributed by atoms with Crippen molar-refractivity contribution in [1.29, 1.82) is 0 Å². The summed E-state index contributed by atoms with van der Waals surface area (Å²) >= 11 is 1.52. The van der Waals surface area contributed by atoms with E-state index in [2.05, 4.69) is 5.32 Å². The molecule has 6 heteroatoms. The second-order valence-electron chi connectivity index (χ2n) is 4.52. The van der Waals surface area contributed by atoms with E-state index in [0.717, 1.165) is 0 Å². The van der Waals surface area contributed by atoms with Crippen LogP contribution in [0.3, 0.4) is 0 Å². The zero-order chi connectivity index (χ0) is 15.8. The quantitative estimate of drug-likeness (QED) is 0.767. The number of aliphatic hydroxyl groups excluding tert-OH is 1. The van der Waals surface area contributed by atoms with Gasteiger partial charge in [0.1, 0.15) is 0 Å². The number of hydrogen-bond acceptors (Lipinski definition) is 5. The molecule has 0 aliphatic heterocycles. The maximum Gasteiger partial charge on any atom is 0.251 e. The molecule has 0 radical (unpaired) electrons. The number of aliphatic hydroxyl groups is 1. The summed E-state index contributed by atoms with van der Waals surface area (Å²) in [6.07, 6.45) is 1.91. The van der Waals surface area contributed by atoms with Crippen LogP contribution in [-0.2, 0) is 0 Å². The van der Waals surface area contributed by atoms with E-state index in [4.69, 9.17) is 9.47 Å². The number of rotatable bonds is 8. The Morgan fingerprint density at radius 2 is 2.14 bits per heavy atom. The van der Waals surface area contributed by atoms with Gasteiger partial charge in [0.15, 0.2) is 11.5 Å². The van der Waals surface area contributed by atoms with Gasteiger partial charge in [-0.25, -0.2) is 0 Å². The van der Waals surface area contributed by atoms with Gasteiger partial charge in [-0.05, 0) is 38.3 Å². The molecule has 2 unspecified atom stereocenters. The molecule has 0 bridgehead atoms. The summed E-state index contributed by atoms with van der Waals surface area (Å²) in [5, 5.41) is 12.1. The zero-order valence-electron chi connectivity index (χ0n) is 12.9. The number of amides is 1. The number of carbonyl (C=O) groups excluding carboxylic acids is 1. The Bertz CT molecular complexity index is 463. The average molecular weight is 313 g/mol. The van der Waals surface area contributed by atoms with E-state index >= 15 is 0 Å². The molecule has 1 rings (SSSR count). The number of carbonyl (C=O) groups is 1. The van der Waals surface area contributed by atoms with E-state index in [1.165, 1.54) is 18.9 Å². The van der Waals surface area contributed by atoms with Crippen LogP contribution in [0.4, 0.5) is 0 Å². The molecule has 0 heterocycles. The van der Waals surface area contributed by atoms with Crippen molar-refractivity contribution in [3.8, 4) is 11.5 Å². The summed E-state index contributed by atoms with van der Waals surface area (Å²) < 4.78 is 10.7. The lowest BCUT2D eigenvalue weighted by atomic mass is 10.1. The van der Waals surface area contributed by atoms with E-state index in [-0.39, 0.29) is 23.8 Å². The Balaban J connectivity index is 2.83. The maximum absolute atomic E-state index is 12.2. The number of hydrogen-bond donors (Lipinski definition) is 2. The molecule has 0 aromatic heterocycles. The van der Waals surface area contributed by atoms with Crippen molar-refractivity contribution in [3.63, 3.8) is 0 Å². The fourth-order valence-corrected chi connectivity index (χ4v) is 2.53. The molecule has 21 heavy (non-hydrogen) atoms. The molecule has 1 aromatic rings. The van der Waals surface area contributed by atoms with Gasteiger partial charge in [0.2, 0.25) is 0 Å². The van der Waals surface area contributed by atoms with Crippen molar-refractivity contribution in [2.75, 3.05) is 26.6 Å². The minimum Gasteiger partial charge on any atom is -0.493 e. The molecule has 2 N–H and O–H groups in total. The molecule has 0 saturated carbocycles. The highest BCUT2D eigenvalue weighted by Gasteiger charge is 2.19. The summed E-state index contributed by atoms with van der Waals surface area (Å²) in [5.41, 5.74) is 0.500. The highest BCUT2D eigenvalue weighted by atomic mass is 32.2. The molecule has 0 saturated heterocycles. The summed E-state index contributed by atoms with van der Waals surface area (Å²) in [6, 6.07) is 4.94. The second-order valence-corrected chi connectivity index (χ2v) is 5.59. The largest absolute Gasteiger partial charge is 0.493 e. The summed E-state index contributed by atoms with van der Waals surface area (Å²) in [4.78, 5) is 12.2. The predicted octanol–water partition coefficient (Wildman–Crippen LogP) is 1.94. The van der Waals surface area contributed by atoms with Gasteiger partial charge in [0.05, 0.1) is 20.3 Å². The Labute approximate surface area is 130 Å². The molecule has 2 atom stereocenters.